The standard InChI is InChI=1S/C13H19ClO2/c1-3-13(16,4-2)12(15)9-10-7-5-6-8-11(10)14/h5-8,12,15-16H,3-4,9H2,1-2H3. The van der Waals surface area contributed by atoms with Gasteiger partial charge in [0, 0.05) is 11.4 Å². The van der Waals surface area contributed by atoms with Crippen molar-refractivity contribution in [1.82, 2.24) is 0 Å². The molecular formula is C13H19ClO2. The Kier molecular flexibility index (Phi) is 4.78. The first-order chi connectivity index (χ1) is 7.53. The number of rotatable bonds is 5. The van der Waals surface area contributed by atoms with Gasteiger partial charge in [0.1, 0.15) is 0 Å². The molecule has 0 saturated heterocycles. The Labute approximate surface area is 102 Å². The van der Waals surface area contributed by atoms with Crippen molar-refractivity contribution in [3.8, 4) is 0 Å². The molecule has 3 heteroatoms. The van der Waals surface area contributed by atoms with Gasteiger partial charge < -0.3 is 10.2 Å². The van der Waals surface area contributed by atoms with Gasteiger partial charge in [-0.15, -0.1) is 0 Å². The van der Waals surface area contributed by atoms with Crippen molar-refractivity contribution in [2.45, 2.75) is 44.8 Å². The minimum Gasteiger partial charge on any atom is -0.390 e. The van der Waals surface area contributed by atoms with Crippen LogP contribution in [0.1, 0.15) is 32.3 Å². The van der Waals surface area contributed by atoms with Crippen molar-refractivity contribution in [2.24, 2.45) is 0 Å². The van der Waals surface area contributed by atoms with E-state index in [2.05, 4.69) is 0 Å². The molecule has 16 heavy (non-hydrogen) atoms. The highest BCUT2D eigenvalue weighted by atomic mass is 35.5. The van der Waals surface area contributed by atoms with Gasteiger partial charge in [0.05, 0.1) is 11.7 Å². The molecule has 1 aromatic rings. The minimum absolute atomic E-state index is 0.387. The molecule has 2 N–H and O–H groups in total. The smallest absolute Gasteiger partial charge is 0.0903 e. The molecular weight excluding hydrogens is 224 g/mol. The molecule has 1 rings (SSSR count). The average Bonchev–Trinajstić information content (AvgIpc) is 2.31. The Morgan fingerprint density at radius 2 is 1.81 bits per heavy atom. The molecule has 0 aliphatic carbocycles. The maximum absolute atomic E-state index is 10.2. The first-order valence-corrected chi connectivity index (χ1v) is 6.05. The molecule has 1 aromatic carbocycles. The summed E-state index contributed by atoms with van der Waals surface area (Å²) in [6, 6.07) is 7.40. The van der Waals surface area contributed by atoms with Gasteiger partial charge in [-0.05, 0) is 24.5 Å². The molecule has 1 unspecified atom stereocenters. The predicted molar refractivity (Wildman–Crippen MR) is 66.7 cm³/mol. The van der Waals surface area contributed by atoms with E-state index in [9.17, 15) is 10.2 Å². The van der Waals surface area contributed by atoms with E-state index in [-0.39, 0.29) is 0 Å². The topological polar surface area (TPSA) is 40.5 Å². The van der Waals surface area contributed by atoms with Crippen LogP contribution in [0.4, 0.5) is 0 Å². The minimum atomic E-state index is -1.01. The molecule has 0 saturated carbocycles. The van der Waals surface area contributed by atoms with E-state index >= 15 is 0 Å². The zero-order chi connectivity index (χ0) is 12.2. The highest BCUT2D eigenvalue weighted by Crippen LogP contribution is 2.25. The van der Waals surface area contributed by atoms with Gasteiger partial charge in [-0.25, -0.2) is 0 Å². The Morgan fingerprint density at radius 3 is 2.31 bits per heavy atom. The van der Waals surface area contributed by atoms with Crippen molar-refractivity contribution in [2.75, 3.05) is 0 Å². The van der Waals surface area contributed by atoms with E-state index < -0.39 is 11.7 Å². The van der Waals surface area contributed by atoms with E-state index in [0.29, 0.717) is 24.3 Å². The van der Waals surface area contributed by atoms with Gasteiger partial charge in [0.25, 0.3) is 0 Å². The second-order valence-corrected chi connectivity index (χ2v) is 4.53. The maximum Gasteiger partial charge on any atom is 0.0903 e. The second kappa shape index (κ2) is 5.67. The molecule has 0 radical (unpaired) electrons. The fourth-order valence-corrected chi connectivity index (χ4v) is 2.00. The third-order valence-corrected chi connectivity index (χ3v) is 3.58. The lowest BCUT2D eigenvalue weighted by Gasteiger charge is -2.31. The molecule has 0 bridgehead atoms. The van der Waals surface area contributed by atoms with Crippen LogP contribution >= 0.6 is 11.6 Å². The summed E-state index contributed by atoms with van der Waals surface area (Å²) in [5, 5.41) is 20.8. The number of aliphatic hydroxyl groups excluding tert-OH is 1. The summed E-state index contributed by atoms with van der Waals surface area (Å²) in [6.07, 6.45) is 0.685. The SMILES string of the molecule is CCC(O)(CC)C(O)Cc1ccccc1Cl. The van der Waals surface area contributed by atoms with E-state index in [1.54, 1.807) is 6.07 Å². The molecule has 0 fully saturated rings. The lowest BCUT2D eigenvalue weighted by atomic mass is 9.87. The van der Waals surface area contributed by atoms with E-state index in [1.807, 2.05) is 32.0 Å². The Morgan fingerprint density at radius 1 is 1.25 bits per heavy atom. The van der Waals surface area contributed by atoms with Crippen LogP contribution in [0.3, 0.4) is 0 Å². The summed E-state index contributed by atoms with van der Waals surface area (Å²) < 4.78 is 0. The lowest BCUT2D eigenvalue weighted by molar-refractivity contribution is -0.0790. The van der Waals surface area contributed by atoms with Gasteiger partial charge >= 0.3 is 0 Å². The highest BCUT2D eigenvalue weighted by Gasteiger charge is 2.31. The van der Waals surface area contributed by atoms with Crippen molar-refractivity contribution in [3.05, 3.63) is 34.9 Å². The van der Waals surface area contributed by atoms with Crippen LogP contribution < -0.4 is 0 Å². The number of hydrogen-bond donors (Lipinski definition) is 2. The molecule has 0 aliphatic heterocycles. The van der Waals surface area contributed by atoms with Gasteiger partial charge in [0.15, 0.2) is 0 Å². The summed E-state index contributed by atoms with van der Waals surface area (Å²) in [7, 11) is 0. The van der Waals surface area contributed by atoms with Crippen molar-refractivity contribution >= 4 is 11.6 Å². The molecule has 2 nitrogen and oxygen atoms in total. The van der Waals surface area contributed by atoms with Gasteiger partial charge in [-0.2, -0.15) is 0 Å². The average molecular weight is 243 g/mol. The van der Waals surface area contributed by atoms with Gasteiger partial charge in [0.2, 0.25) is 0 Å². The summed E-state index contributed by atoms with van der Waals surface area (Å²) >= 11 is 6.01. The van der Waals surface area contributed by atoms with Crippen LogP contribution in [-0.2, 0) is 6.42 Å². The van der Waals surface area contributed by atoms with E-state index in [1.165, 1.54) is 0 Å². The number of benzene rings is 1. The predicted octanol–water partition coefficient (Wildman–Crippen LogP) is 2.79. The van der Waals surface area contributed by atoms with Gasteiger partial charge in [-0.1, -0.05) is 43.6 Å². The molecule has 0 amide bonds. The van der Waals surface area contributed by atoms with Crippen molar-refractivity contribution in [1.29, 1.82) is 0 Å². The number of aliphatic hydroxyl groups is 2. The van der Waals surface area contributed by atoms with Crippen LogP contribution in [0.5, 0.6) is 0 Å². The Balaban J connectivity index is 2.78. The summed E-state index contributed by atoms with van der Waals surface area (Å²) in [5.41, 5.74) is -0.142. The van der Waals surface area contributed by atoms with E-state index in [0.717, 1.165) is 5.56 Å². The van der Waals surface area contributed by atoms with Crippen LogP contribution in [0, 0.1) is 0 Å². The molecule has 1 atom stereocenters. The number of hydrogen-bond acceptors (Lipinski definition) is 2. The van der Waals surface area contributed by atoms with Crippen molar-refractivity contribution < 1.29 is 10.2 Å². The zero-order valence-corrected chi connectivity index (χ0v) is 10.5. The highest BCUT2D eigenvalue weighted by molar-refractivity contribution is 6.31. The Hall–Kier alpha value is -0.570. The summed E-state index contributed by atoms with van der Waals surface area (Å²) in [5.74, 6) is 0. The Bertz CT molecular complexity index is 334. The third-order valence-electron chi connectivity index (χ3n) is 3.22. The first kappa shape index (κ1) is 13.5. The summed E-state index contributed by atoms with van der Waals surface area (Å²) in [6.45, 7) is 3.75. The fraction of sp³-hybridized carbons (Fsp3) is 0.538. The third kappa shape index (κ3) is 2.97. The monoisotopic (exact) mass is 242 g/mol. The van der Waals surface area contributed by atoms with E-state index in [4.69, 9.17) is 11.6 Å². The van der Waals surface area contributed by atoms with Crippen LogP contribution in [0.15, 0.2) is 24.3 Å². The maximum atomic E-state index is 10.2. The van der Waals surface area contributed by atoms with Crippen LogP contribution in [-0.4, -0.2) is 21.9 Å². The van der Waals surface area contributed by atoms with Crippen molar-refractivity contribution in [3.63, 3.8) is 0 Å². The molecule has 0 aromatic heterocycles. The molecule has 0 heterocycles. The zero-order valence-electron chi connectivity index (χ0n) is 9.78. The van der Waals surface area contributed by atoms with Crippen LogP contribution in [0.2, 0.25) is 5.02 Å². The normalized spacial score (nSPS) is 13.8. The molecule has 90 valence electrons. The largest absolute Gasteiger partial charge is 0.390 e. The quantitative estimate of drug-likeness (QED) is 0.834. The summed E-state index contributed by atoms with van der Waals surface area (Å²) in [4.78, 5) is 0. The van der Waals surface area contributed by atoms with Crippen LogP contribution in [0.25, 0.3) is 0 Å². The lowest BCUT2D eigenvalue weighted by Crippen LogP contribution is -2.42. The van der Waals surface area contributed by atoms with Gasteiger partial charge in [-0.3, -0.25) is 0 Å². The molecule has 0 spiro atoms. The number of halogens is 1. The fourth-order valence-electron chi connectivity index (χ4n) is 1.78. The molecule has 0 aliphatic rings. The first-order valence-electron chi connectivity index (χ1n) is 5.67. The second-order valence-electron chi connectivity index (χ2n) is 4.12.